The van der Waals surface area contributed by atoms with Crippen molar-refractivity contribution in [2.75, 3.05) is 21.0 Å². The summed E-state index contributed by atoms with van der Waals surface area (Å²) >= 11 is 2.01. The zero-order valence-electron chi connectivity index (χ0n) is 13.9. The third kappa shape index (κ3) is 3.62. The van der Waals surface area contributed by atoms with Crippen LogP contribution in [0.5, 0.6) is 23.0 Å². The van der Waals surface area contributed by atoms with Crippen LogP contribution in [0, 0.1) is 3.57 Å². The van der Waals surface area contributed by atoms with E-state index in [2.05, 4.69) is 10.9 Å². The number of fused-ring (bicyclic) bond motifs is 1. The maximum atomic E-state index is 12.4. The summed E-state index contributed by atoms with van der Waals surface area (Å²) in [6.45, 7) is 0.120. The van der Waals surface area contributed by atoms with Crippen LogP contribution in [0.1, 0.15) is 20.7 Å². The van der Waals surface area contributed by atoms with Gasteiger partial charge in [-0.25, -0.2) is 0 Å². The van der Waals surface area contributed by atoms with Crippen LogP contribution >= 0.6 is 22.6 Å². The highest BCUT2D eigenvalue weighted by Gasteiger charge is 2.18. The number of hydrazine groups is 1. The average molecular weight is 470 g/mol. The first-order valence-electron chi connectivity index (χ1n) is 7.45. The van der Waals surface area contributed by atoms with Crippen LogP contribution in [0.25, 0.3) is 0 Å². The third-order valence-corrected chi connectivity index (χ3v) is 4.53. The van der Waals surface area contributed by atoms with Gasteiger partial charge in [-0.15, -0.1) is 0 Å². The summed E-state index contributed by atoms with van der Waals surface area (Å²) in [4.78, 5) is 24.6. The quantitative estimate of drug-likeness (QED) is 0.526. The molecule has 1 heterocycles. The Morgan fingerprint density at radius 1 is 0.962 bits per heavy atom. The second-order valence-corrected chi connectivity index (χ2v) is 6.33. The molecule has 8 nitrogen and oxygen atoms in total. The molecule has 0 spiro atoms. The lowest BCUT2D eigenvalue weighted by Crippen LogP contribution is -2.41. The highest BCUT2D eigenvalue weighted by molar-refractivity contribution is 14.1. The lowest BCUT2D eigenvalue weighted by Gasteiger charge is -2.12. The molecule has 1 aliphatic rings. The van der Waals surface area contributed by atoms with E-state index >= 15 is 0 Å². The Kier molecular flexibility index (Phi) is 5.35. The molecular formula is C17H15IN2O6. The number of amides is 2. The number of carbonyl (C=O) groups excluding carboxylic acids is 2. The smallest absolute Gasteiger partial charge is 0.270 e. The van der Waals surface area contributed by atoms with Gasteiger partial charge in [0.2, 0.25) is 6.79 Å². The van der Waals surface area contributed by atoms with Crippen molar-refractivity contribution in [3.05, 3.63) is 45.0 Å². The van der Waals surface area contributed by atoms with Gasteiger partial charge in [0, 0.05) is 9.13 Å². The topological polar surface area (TPSA) is 95.1 Å². The van der Waals surface area contributed by atoms with Gasteiger partial charge in [-0.2, -0.15) is 0 Å². The number of ether oxygens (including phenoxy) is 4. The van der Waals surface area contributed by atoms with Crippen LogP contribution in [0.2, 0.25) is 0 Å². The van der Waals surface area contributed by atoms with Crippen molar-refractivity contribution in [3.8, 4) is 23.0 Å². The zero-order chi connectivity index (χ0) is 18.7. The average Bonchev–Trinajstić information content (AvgIpc) is 3.13. The fourth-order valence-corrected chi connectivity index (χ4v) is 3.00. The maximum Gasteiger partial charge on any atom is 0.270 e. The van der Waals surface area contributed by atoms with Crippen molar-refractivity contribution in [2.45, 2.75) is 0 Å². The standard InChI is InChI=1S/C17H15IN2O6/c1-23-13-6-10(11(18)7-14(13)24-2)17(22)20-19-16(21)9-3-4-12-15(5-9)26-8-25-12/h3-7H,8H2,1-2H3,(H,19,21)(H,20,22). The summed E-state index contributed by atoms with van der Waals surface area (Å²) < 4.78 is 21.5. The summed E-state index contributed by atoms with van der Waals surface area (Å²) in [6, 6.07) is 7.98. The fourth-order valence-electron chi connectivity index (χ4n) is 2.32. The summed E-state index contributed by atoms with van der Waals surface area (Å²) in [5.74, 6) is 1.03. The molecule has 1 aliphatic heterocycles. The van der Waals surface area contributed by atoms with E-state index in [-0.39, 0.29) is 6.79 Å². The second-order valence-electron chi connectivity index (χ2n) is 5.16. The van der Waals surface area contributed by atoms with E-state index in [0.717, 1.165) is 0 Å². The number of rotatable bonds is 4. The number of hydrogen-bond donors (Lipinski definition) is 2. The summed E-state index contributed by atoms with van der Waals surface area (Å²) in [7, 11) is 2.99. The molecule has 0 aliphatic carbocycles. The molecule has 0 saturated carbocycles. The molecule has 0 radical (unpaired) electrons. The molecular weight excluding hydrogens is 455 g/mol. The number of hydrogen-bond acceptors (Lipinski definition) is 6. The van der Waals surface area contributed by atoms with Crippen molar-refractivity contribution in [1.82, 2.24) is 10.9 Å². The molecule has 9 heteroatoms. The van der Waals surface area contributed by atoms with E-state index in [9.17, 15) is 9.59 Å². The van der Waals surface area contributed by atoms with Crippen LogP contribution in [0.4, 0.5) is 0 Å². The van der Waals surface area contributed by atoms with E-state index in [1.807, 2.05) is 22.6 Å². The van der Waals surface area contributed by atoms with Gasteiger partial charge in [0.15, 0.2) is 23.0 Å². The van der Waals surface area contributed by atoms with E-state index in [4.69, 9.17) is 18.9 Å². The normalized spacial score (nSPS) is 11.7. The van der Waals surface area contributed by atoms with Gasteiger partial charge in [-0.1, -0.05) is 0 Å². The maximum absolute atomic E-state index is 12.4. The van der Waals surface area contributed by atoms with E-state index < -0.39 is 11.8 Å². The van der Waals surface area contributed by atoms with Gasteiger partial charge < -0.3 is 18.9 Å². The zero-order valence-corrected chi connectivity index (χ0v) is 16.1. The van der Waals surface area contributed by atoms with Crippen molar-refractivity contribution < 1.29 is 28.5 Å². The Balaban J connectivity index is 1.70. The highest BCUT2D eigenvalue weighted by atomic mass is 127. The number of carbonyl (C=O) groups is 2. The van der Waals surface area contributed by atoms with E-state index in [1.165, 1.54) is 14.2 Å². The Hall–Kier alpha value is -2.69. The molecule has 0 fully saturated rings. The Bertz CT molecular complexity index is 871. The van der Waals surface area contributed by atoms with Crippen molar-refractivity contribution >= 4 is 34.4 Å². The molecule has 0 unspecified atom stereocenters. The van der Waals surface area contributed by atoms with Crippen LogP contribution in [-0.4, -0.2) is 32.8 Å². The SMILES string of the molecule is COc1cc(I)c(C(=O)NNC(=O)c2ccc3c(c2)OCO3)cc1OC. The minimum absolute atomic E-state index is 0.120. The summed E-state index contributed by atoms with van der Waals surface area (Å²) in [6.07, 6.45) is 0. The van der Waals surface area contributed by atoms with Gasteiger partial charge in [0.05, 0.1) is 19.8 Å². The van der Waals surface area contributed by atoms with Crippen LogP contribution < -0.4 is 29.8 Å². The predicted molar refractivity (Wildman–Crippen MR) is 99.8 cm³/mol. The monoisotopic (exact) mass is 470 g/mol. The van der Waals surface area contributed by atoms with Crippen LogP contribution in [0.15, 0.2) is 30.3 Å². The van der Waals surface area contributed by atoms with Gasteiger partial charge >= 0.3 is 0 Å². The first kappa shape index (κ1) is 18.1. The molecule has 3 rings (SSSR count). The number of benzene rings is 2. The molecule has 0 bridgehead atoms. The predicted octanol–water partition coefficient (Wildman–Crippen LogP) is 2.11. The third-order valence-electron chi connectivity index (χ3n) is 3.64. The highest BCUT2D eigenvalue weighted by Crippen LogP contribution is 2.33. The number of nitrogens with one attached hydrogen (secondary N) is 2. The van der Waals surface area contributed by atoms with Crippen LogP contribution in [-0.2, 0) is 0 Å². The van der Waals surface area contributed by atoms with Gasteiger partial charge in [-0.3, -0.25) is 20.4 Å². The first-order valence-corrected chi connectivity index (χ1v) is 8.53. The largest absolute Gasteiger partial charge is 0.493 e. The molecule has 0 atom stereocenters. The first-order chi connectivity index (χ1) is 12.5. The minimum atomic E-state index is -0.482. The molecule has 0 saturated heterocycles. The minimum Gasteiger partial charge on any atom is -0.493 e. The van der Waals surface area contributed by atoms with Crippen molar-refractivity contribution in [1.29, 1.82) is 0 Å². The molecule has 2 aromatic carbocycles. The Morgan fingerprint density at radius 3 is 2.35 bits per heavy atom. The van der Waals surface area contributed by atoms with Gasteiger partial charge in [0.25, 0.3) is 11.8 Å². The summed E-state index contributed by atoms with van der Waals surface area (Å²) in [5, 5.41) is 0. The molecule has 2 N–H and O–H groups in total. The number of methoxy groups -OCH3 is 2. The molecule has 2 aromatic rings. The van der Waals surface area contributed by atoms with Gasteiger partial charge in [0.1, 0.15) is 0 Å². The molecule has 136 valence electrons. The lowest BCUT2D eigenvalue weighted by atomic mass is 10.2. The number of halogens is 1. The summed E-state index contributed by atoms with van der Waals surface area (Å²) in [5.41, 5.74) is 5.43. The van der Waals surface area contributed by atoms with E-state index in [0.29, 0.717) is 37.7 Å². The fraction of sp³-hybridized carbons (Fsp3) is 0.176. The van der Waals surface area contributed by atoms with Crippen LogP contribution in [0.3, 0.4) is 0 Å². The van der Waals surface area contributed by atoms with Crippen molar-refractivity contribution in [3.63, 3.8) is 0 Å². The lowest BCUT2D eigenvalue weighted by molar-refractivity contribution is 0.0846. The second kappa shape index (κ2) is 7.68. The molecule has 2 amide bonds. The Labute approximate surface area is 162 Å². The molecule has 26 heavy (non-hydrogen) atoms. The Morgan fingerprint density at radius 2 is 1.62 bits per heavy atom. The van der Waals surface area contributed by atoms with Gasteiger partial charge in [-0.05, 0) is 52.9 Å². The molecule has 0 aromatic heterocycles. The van der Waals surface area contributed by atoms with E-state index in [1.54, 1.807) is 30.3 Å². The van der Waals surface area contributed by atoms with Crippen molar-refractivity contribution in [2.24, 2.45) is 0 Å².